The number of halogens is 2. The number of nitrogens with one attached hydrogen (secondary N) is 1. The summed E-state index contributed by atoms with van der Waals surface area (Å²) in [6.45, 7) is 3.74. The molecule has 8 heavy (non-hydrogen) atoms. The fourth-order valence-electron chi connectivity index (χ4n) is 0.314. The number of rotatable bonds is 0. The minimum Gasteiger partial charge on any atom is -0.305 e. The highest BCUT2D eigenvalue weighted by Gasteiger charge is 2.36. The lowest BCUT2D eigenvalue weighted by atomic mass is 10.2. The molecule has 3 heteroatoms. The van der Waals surface area contributed by atoms with Gasteiger partial charge in [0.2, 0.25) is 0 Å². The van der Waals surface area contributed by atoms with Gasteiger partial charge in [-0.15, -0.1) is 0 Å². The Morgan fingerprint density at radius 1 is 1.25 bits per heavy atom. The van der Waals surface area contributed by atoms with Gasteiger partial charge in [0.05, 0.1) is 13.1 Å². The van der Waals surface area contributed by atoms with Crippen LogP contribution >= 0.6 is 0 Å². The quantitative estimate of drug-likeness (QED) is 0.511. The number of hydrogen-bond acceptors (Lipinski definition) is 1. The van der Waals surface area contributed by atoms with Crippen molar-refractivity contribution in [1.82, 2.24) is 5.32 Å². The summed E-state index contributed by atoms with van der Waals surface area (Å²) in [4.78, 5) is 0. The number of hydrogen-bond donors (Lipinski definition) is 1. The minimum atomic E-state index is -2.39. The van der Waals surface area contributed by atoms with Gasteiger partial charge < -0.3 is 5.32 Å². The molecule has 0 unspecified atom stereocenters. The lowest BCUT2D eigenvalue weighted by molar-refractivity contribution is -0.0475. The molecule has 50 valence electrons. The van der Waals surface area contributed by atoms with E-state index in [0.717, 1.165) is 0 Å². The molecule has 0 aliphatic carbocycles. The number of alkyl halides is 2. The summed E-state index contributed by atoms with van der Waals surface area (Å²) < 4.78 is 23.0. The van der Waals surface area contributed by atoms with Gasteiger partial charge >= 0.3 is 0 Å². The third-order valence-electron chi connectivity index (χ3n) is 0.767. The van der Waals surface area contributed by atoms with Crippen molar-refractivity contribution in [3.63, 3.8) is 0 Å². The van der Waals surface area contributed by atoms with E-state index in [9.17, 15) is 8.78 Å². The van der Waals surface area contributed by atoms with Gasteiger partial charge in [-0.3, -0.25) is 0 Å². The molecule has 0 spiro atoms. The van der Waals surface area contributed by atoms with Gasteiger partial charge in [0.25, 0.3) is 5.92 Å². The molecule has 0 radical (unpaired) electrons. The maximum Gasteiger partial charge on any atom is 0.272 e. The van der Waals surface area contributed by atoms with Gasteiger partial charge in [-0.05, 0) is 0 Å². The third-order valence-corrected chi connectivity index (χ3v) is 0.767. The normalized spacial score (nSPS) is 22.5. The van der Waals surface area contributed by atoms with Crippen LogP contribution in [0.2, 0.25) is 0 Å². The molecule has 0 saturated carbocycles. The largest absolute Gasteiger partial charge is 0.305 e. The Hall–Kier alpha value is -0.180. The molecule has 0 amide bonds. The summed E-state index contributed by atoms with van der Waals surface area (Å²) in [7, 11) is 0. The predicted molar refractivity (Wildman–Crippen MR) is 29.2 cm³/mol. The van der Waals surface area contributed by atoms with E-state index < -0.39 is 5.92 Å². The van der Waals surface area contributed by atoms with Crippen LogP contribution in [0.1, 0.15) is 13.8 Å². The first-order chi connectivity index (χ1) is 3.71. The van der Waals surface area contributed by atoms with Crippen LogP contribution in [0.15, 0.2) is 0 Å². The average molecular weight is 123 g/mol. The second-order valence-electron chi connectivity index (χ2n) is 1.46. The highest BCUT2D eigenvalue weighted by molar-refractivity contribution is 4.81. The molecule has 1 rings (SSSR count). The fraction of sp³-hybridized carbons (Fsp3) is 1.00. The van der Waals surface area contributed by atoms with Gasteiger partial charge in [0.1, 0.15) is 0 Å². The molecule has 1 aliphatic rings. The van der Waals surface area contributed by atoms with Crippen LogP contribution in [0.25, 0.3) is 0 Å². The van der Waals surface area contributed by atoms with Crippen LogP contribution in [-0.2, 0) is 0 Å². The van der Waals surface area contributed by atoms with Crippen LogP contribution < -0.4 is 5.32 Å². The van der Waals surface area contributed by atoms with E-state index in [4.69, 9.17) is 0 Å². The molecule has 1 heterocycles. The summed E-state index contributed by atoms with van der Waals surface area (Å²) in [6, 6.07) is 0. The lowest BCUT2D eigenvalue weighted by Crippen LogP contribution is -2.52. The van der Waals surface area contributed by atoms with Gasteiger partial charge in [-0.1, -0.05) is 13.8 Å². The molecule has 1 aliphatic heterocycles. The van der Waals surface area contributed by atoms with Crippen molar-refractivity contribution >= 4 is 0 Å². The van der Waals surface area contributed by atoms with Crippen LogP contribution in [-0.4, -0.2) is 19.0 Å². The molecule has 1 fully saturated rings. The highest BCUT2D eigenvalue weighted by atomic mass is 19.3. The standard InChI is InChI=1S/C3H5F2N.C2H6/c4-3(5)1-6-2-3;1-2/h6H,1-2H2;1-2H3. The van der Waals surface area contributed by atoms with E-state index in [1.54, 1.807) is 0 Å². The van der Waals surface area contributed by atoms with E-state index in [1.807, 2.05) is 13.8 Å². The Kier molecular flexibility index (Phi) is 2.90. The molecule has 0 aromatic carbocycles. The zero-order valence-corrected chi connectivity index (χ0v) is 5.17. The SMILES string of the molecule is CC.FC1(F)CNC1. The molecular weight excluding hydrogens is 112 g/mol. The smallest absolute Gasteiger partial charge is 0.272 e. The lowest BCUT2D eigenvalue weighted by Gasteiger charge is -2.25. The van der Waals surface area contributed by atoms with Crippen molar-refractivity contribution in [3.8, 4) is 0 Å². The third kappa shape index (κ3) is 2.21. The second kappa shape index (κ2) is 2.97. The van der Waals surface area contributed by atoms with Gasteiger partial charge in [0, 0.05) is 0 Å². The first-order valence-electron chi connectivity index (χ1n) is 2.79. The van der Waals surface area contributed by atoms with Crippen LogP contribution in [0.4, 0.5) is 8.78 Å². The maximum absolute atomic E-state index is 11.5. The van der Waals surface area contributed by atoms with Crippen LogP contribution in [0.5, 0.6) is 0 Å². The van der Waals surface area contributed by atoms with Gasteiger partial charge in [-0.25, -0.2) is 8.78 Å². The van der Waals surface area contributed by atoms with Crippen molar-refractivity contribution < 1.29 is 8.78 Å². The van der Waals surface area contributed by atoms with E-state index in [2.05, 4.69) is 5.32 Å². The maximum atomic E-state index is 11.5. The summed E-state index contributed by atoms with van der Waals surface area (Å²) in [5.41, 5.74) is 0. The predicted octanol–water partition coefficient (Wildman–Crippen LogP) is 1.25. The molecule has 0 aromatic rings. The molecule has 0 aromatic heterocycles. The van der Waals surface area contributed by atoms with Crippen molar-refractivity contribution in [2.45, 2.75) is 19.8 Å². The average Bonchev–Trinajstić information content (AvgIpc) is 1.69. The Balaban J connectivity index is 0.000000222. The van der Waals surface area contributed by atoms with Crippen molar-refractivity contribution in [3.05, 3.63) is 0 Å². The van der Waals surface area contributed by atoms with Crippen molar-refractivity contribution in [1.29, 1.82) is 0 Å². The van der Waals surface area contributed by atoms with E-state index in [0.29, 0.717) is 0 Å². The van der Waals surface area contributed by atoms with Crippen LogP contribution in [0.3, 0.4) is 0 Å². The first kappa shape index (κ1) is 7.82. The first-order valence-corrected chi connectivity index (χ1v) is 2.79. The Labute approximate surface area is 48.1 Å². The topological polar surface area (TPSA) is 12.0 Å². The summed E-state index contributed by atoms with van der Waals surface area (Å²) in [6.07, 6.45) is 0. The molecule has 0 atom stereocenters. The fourth-order valence-corrected chi connectivity index (χ4v) is 0.314. The van der Waals surface area contributed by atoms with E-state index in [-0.39, 0.29) is 13.1 Å². The second-order valence-corrected chi connectivity index (χ2v) is 1.46. The minimum absolute atomic E-state index is 0.132. The zero-order chi connectivity index (χ0) is 6.62. The van der Waals surface area contributed by atoms with Crippen LogP contribution in [0, 0.1) is 0 Å². The van der Waals surface area contributed by atoms with Crippen molar-refractivity contribution in [2.75, 3.05) is 13.1 Å². The van der Waals surface area contributed by atoms with E-state index in [1.165, 1.54) is 0 Å². The molecule has 1 N–H and O–H groups in total. The monoisotopic (exact) mass is 123 g/mol. The highest BCUT2D eigenvalue weighted by Crippen LogP contribution is 2.16. The summed E-state index contributed by atoms with van der Waals surface area (Å²) in [5.74, 6) is -2.39. The van der Waals surface area contributed by atoms with Crippen molar-refractivity contribution in [2.24, 2.45) is 0 Å². The molecule has 0 bridgehead atoms. The van der Waals surface area contributed by atoms with Gasteiger partial charge in [0.15, 0.2) is 0 Å². The Bertz CT molecular complexity index is 57.4. The molecule has 1 nitrogen and oxygen atoms in total. The van der Waals surface area contributed by atoms with Gasteiger partial charge in [-0.2, -0.15) is 0 Å². The Morgan fingerprint density at radius 3 is 1.50 bits per heavy atom. The Morgan fingerprint density at radius 2 is 1.50 bits per heavy atom. The zero-order valence-electron chi connectivity index (χ0n) is 5.17. The summed E-state index contributed by atoms with van der Waals surface area (Å²) >= 11 is 0. The summed E-state index contributed by atoms with van der Waals surface area (Å²) in [5, 5.41) is 2.45. The molecule has 1 saturated heterocycles. The van der Waals surface area contributed by atoms with E-state index >= 15 is 0 Å². The molecular formula is C5H11F2N.